The maximum Gasteiger partial charge on any atom is 0.272 e. The van der Waals surface area contributed by atoms with Crippen LogP contribution in [0.4, 0.5) is 17.1 Å². The van der Waals surface area contributed by atoms with Crippen LogP contribution in [0.5, 0.6) is 0 Å². The van der Waals surface area contributed by atoms with Crippen LogP contribution < -0.4 is 10.6 Å². The van der Waals surface area contributed by atoms with Crippen LogP contribution in [0, 0.1) is 24.0 Å². The Hall–Kier alpha value is -3.75. The van der Waals surface area contributed by atoms with Gasteiger partial charge in [0.25, 0.3) is 11.6 Å². The Morgan fingerprint density at radius 1 is 1.06 bits per heavy atom. The molecule has 0 radical (unpaired) electrons. The van der Waals surface area contributed by atoms with E-state index in [2.05, 4.69) is 10.6 Å². The lowest BCUT2D eigenvalue weighted by Gasteiger charge is -2.24. The van der Waals surface area contributed by atoms with Crippen LogP contribution in [-0.2, 0) is 9.59 Å². The number of benzene rings is 2. The fourth-order valence-electron chi connectivity index (χ4n) is 3.69. The van der Waals surface area contributed by atoms with Gasteiger partial charge in [-0.3, -0.25) is 24.5 Å². The molecular formula is C22H24N4O5. The highest BCUT2D eigenvalue weighted by Gasteiger charge is 2.35. The number of aryl methyl sites for hydroxylation is 2. The van der Waals surface area contributed by atoms with Gasteiger partial charge in [0.2, 0.25) is 11.8 Å². The molecule has 31 heavy (non-hydrogen) atoms. The van der Waals surface area contributed by atoms with Crippen LogP contribution in [0.2, 0.25) is 0 Å². The first-order valence-electron chi connectivity index (χ1n) is 9.92. The third-order valence-electron chi connectivity index (χ3n) is 5.27. The van der Waals surface area contributed by atoms with Crippen molar-refractivity contribution in [1.29, 1.82) is 0 Å². The number of nitro benzene ring substituents is 1. The summed E-state index contributed by atoms with van der Waals surface area (Å²) in [6, 6.07) is 8.76. The molecule has 2 aromatic carbocycles. The molecule has 3 rings (SSSR count). The summed E-state index contributed by atoms with van der Waals surface area (Å²) in [7, 11) is 0. The second kappa shape index (κ2) is 8.95. The van der Waals surface area contributed by atoms with Gasteiger partial charge in [-0.05, 0) is 56.5 Å². The highest BCUT2D eigenvalue weighted by atomic mass is 16.6. The maximum atomic E-state index is 13.0. The first-order chi connectivity index (χ1) is 14.7. The van der Waals surface area contributed by atoms with Crippen molar-refractivity contribution >= 4 is 34.8 Å². The van der Waals surface area contributed by atoms with Gasteiger partial charge >= 0.3 is 0 Å². The first-order valence-corrected chi connectivity index (χ1v) is 9.92. The van der Waals surface area contributed by atoms with E-state index in [1.165, 1.54) is 30.0 Å². The minimum atomic E-state index is -0.645. The zero-order valence-electron chi connectivity index (χ0n) is 17.6. The topological polar surface area (TPSA) is 122 Å². The second-order valence-electron chi connectivity index (χ2n) is 7.62. The molecule has 3 amide bonds. The smallest absolute Gasteiger partial charge is 0.272 e. The molecule has 1 unspecified atom stereocenters. The Balaban J connectivity index is 1.76. The molecule has 0 aliphatic carbocycles. The van der Waals surface area contributed by atoms with Gasteiger partial charge in [-0.1, -0.05) is 6.07 Å². The van der Waals surface area contributed by atoms with Crippen LogP contribution >= 0.6 is 0 Å². The largest absolute Gasteiger partial charge is 0.327 e. The second-order valence-corrected chi connectivity index (χ2v) is 7.62. The standard InChI is InChI=1S/C22H24N4O5/c1-13-6-8-17(12-18(13)23-15(3)27)24-21(28)20-5-4-10-25(20)22(29)16-7-9-19(26(30)31)14(2)11-16/h6-9,11-12,20H,4-5,10H2,1-3H3,(H,23,27)(H,24,28). The van der Waals surface area contributed by atoms with Crippen molar-refractivity contribution in [1.82, 2.24) is 4.90 Å². The molecule has 1 saturated heterocycles. The van der Waals surface area contributed by atoms with Crippen molar-refractivity contribution < 1.29 is 19.3 Å². The molecule has 0 saturated carbocycles. The van der Waals surface area contributed by atoms with Crippen molar-refractivity contribution in [2.45, 2.75) is 39.7 Å². The molecule has 2 N–H and O–H groups in total. The molecule has 1 aliphatic heterocycles. The van der Waals surface area contributed by atoms with E-state index < -0.39 is 11.0 Å². The molecule has 0 aromatic heterocycles. The van der Waals surface area contributed by atoms with Gasteiger partial charge in [0.15, 0.2) is 0 Å². The van der Waals surface area contributed by atoms with Gasteiger partial charge in [-0.2, -0.15) is 0 Å². The molecule has 9 heteroatoms. The SMILES string of the molecule is CC(=O)Nc1cc(NC(=O)C2CCCN2C(=O)c2ccc([N+](=O)[O-])c(C)c2)ccc1C. The molecule has 1 atom stereocenters. The Morgan fingerprint density at radius 3 is 2.45 bits per heavy atom. The number of amides is 3. The van der Waals surface area contributed by atoms with Gasteiger partial charge in [0.1, 0.15) is 6.04 Å². The summed E-state index contributed by atoms with van der Waals surface area (Å²) in [5.41, 5.74) is 2.63. The number of nitro groups is 1. The minimum Gasteiger partial charge on any atom is -0.327 e. The summed E-state index contributed by atoms with van der Waals surface area (Å²) in [4.78, 5) is 49.3. The molecule has 2 aromatic rings. The quantitative estimate of drug-likeness (QED) is 0.563. The lowest BCUT2D eigenvalue weighted by Crippen LogP contribution is -2.43. The Bertz CT molecular complexity index is 1070. The summed E-state index contributed by atoms with van der Waals surface area (Å²) in [6.07, 6.45) is 1.20. The molecule has 162 valence electrons. The lowest BCUT2D eigenvalue weighted by atomic mass is 10.1. The predicted molar refractivity (Wildman–Crippen MR) is 116 cm³/mol. The number of hydrogen-bond acceptors (Lipinski definition) is 5. The summed E-state index contributed by atoms with van der Waals surface area (Å²) in [6.45, 7) is 5.26. The lowest BCUT2D eigenvalue weighted by molar-refractivity contribution is -0.385. The zero-order valence-corrected chi connectivity index (χ0v) is 17.6. The molecule has 1 heterocycles. The third-order valence-corrected chi connectivity index (χ3v) is 5.27. The zero-order chi connectivity index (χ0) is 22.7. The Kier molecular flexibility index (Phi) is 6.33. The van der Waals surface area contributed by atoms with Gasteiger partial charge in [-0.15, -0.1) is 0 Å². The Labute approximate surface area is 179 Å². The first kappa shape index (κ1) is 21.9. The summed E-state index contributed by atoms with van der Waals surface area (Å²) in [5, 5.41) is 16.6. The van der Waals surface area contributed by atoms with Crippen LogP contribution in [0.1, 0.15) is 41.3 Å². The van der Waals surface area contributed by atoms with Crippen LogP contribution in [0.15, 0.2) is 36.4 Å². The number of carbonyl (C=O) groups is 3. The molecule has 1 aliphatic rings. The van der Waals surface area contributed by atoms with Crippen molar-refractivity contribution in [3.05, 3.63) is 63.2 Å². The van der Waals surface area contributed by atoms with Crippen molar-refractivity contribution in [3.63, 3.8) is 0 Å². The van der Waals surface area contributed by atoms with E-state index in [9.17, 15) is 24.5 Å². The number of likely N-dealkylation sites (tertiary alicyclic amines) is 1. The van der Waals surface area contributed by atoms with E-state index in [4.69, 9.17) is 0 Å². The predicted octanol–water partition coefficient (Wildman–Crippen LogP) is 3.41. The van der Waals surface area contributed by atoms with E-state index in [-0.39, 0.29) is 23.4 Å². The van der Waals surface area contributed by atoms with E-state index in [1.54, 1.807) is 25.1 Å². The number of nitrogens with zero attached hydrogens (tertiary/aromatic N) is 2. The number of rotatable bonds is 5. The van der Waals surface area contributed by atoms with Gasteiger partial charge < -0.3 is 15.5 Å². The average Bonchev–Trinajstić information content (AvgIpc) is 3.19. The van der Waals surface area contributed by atoms with E-state index >= 15 is 0 Å². The monoisotopic (exact) mass is 424 g/mol. The highest BCUT2D eigenvalue weighted by molar-refractivity contribution is 6.02. The molecule has 9 nitrogen and oxygen atoms in total. The van der Waals surface area contributed by atoms with Gasteiger partial charge in [0.05, 0.1) is 4.92 Å². The van der Waals surface area contributed by atoms with Gasteiger partial charge in [-0.25, -0.2) is 0 Å². The van der Waals surface area contributed by atoms with Crippen molar-refractivity contribution in [2.75, 3.05) is 17.2 Å². The van der Waals surface area contributed by atoms with Gasteiger partial charge in [0, 0.05) is 42.0 Å². The highest BCUT2D eigenvalue weighted by Crippen LogP contribution is 2.26. The Morgan fingerprint density at radius 2 is 1.81 bits per heavy atom. The molecular weight excluding hydrogens is 400 g/mol. The normalized spacial score (nSPS) is 15.5. The molecule has 1 fully saturated rings. The van der Waals surface area contributed by atoms with Crippen LogP contribution in [0.3, 0.4) is 0 Å². The average molecular weight is 424 g/mol. The number of nitrogens with one attached hydrogen (secondary N) is 2. The van der Waals surface area contributed by atoms with Crippen LogP contribution in [-0.4, -0.2) is 40.1 Å². The fraction of sp³-hybridized carbons (Fsp3) is 0.318. The molecule has 0 spiro atoms. The number of anilines is 2. The van der Waals surface area contributed by atoms with E-state index in [1.807, 2.05) is 6.92 Å². The van der Waals surface area contributed by atoms with E-state index in [0.29, 0.717) is 41.9 Å². The summed E-state index contributed by atoms with van der Waals surface area (Å²) < 4.78 is 0. The summed E-state index contributed by atoms with van der Waals surface area (Å²) >= 11 is 0. The van der Waals surface area contributed by atoms with E-state index in [0.717, 1.165) is 5.56 Å². The number of hydrogen-bond donors (Lipinski definition) is 2. The maximum absolute atomic E-state index is 13.0. The third kappa shape index (κ3) is 4.88. The fourth-order valence-corrected chi connectivity index (χ4v) is 3.69. The van der Waals surface area contributed by atoms with Crippen LogP contribution in [0.25, 0.3) is 0 Å². The van der Waals surface area contributed by atoms with Crippen molar-refractivity contribution in [3.8, 4) is 0 Å². The molecule has 0 bridgehead atoms. The number of carbonyl (C=O) groups excluding carboxylic acids is 3. The van der Waals surface area contributed by atoms with Crippen molar-refractivity contribution in [2.24, 2.45) is 0 Å². The minimum absolute atomic E-state index is 0.0541. The summed E-state index contributed by atoms with van der Waals surface area (Å²) in [5.74, 6) is -0.863.